The monoisotopic (exact) mass is 249 g/mol. The minimum atomic E-state index is -0.253. The summed E-state index contributed by atoms with van der Waals surface area (Å²) in [4.78, 5) is 0. The predicted molar refractivity (Wildman–Crippen MR) is 73.2 cm³/mol. The lowest BCUT2D eigenvalue weighted by molar-refractivity contribution is 0.155. The van der Waals surface area contributed by atoms with E-state index in [1.807, 2.05) is 0 Å². The van der Waals surface area contributed by atoms with Gasteiger partial charge in [-0.05, 0) is 32.3 Å². The molecule has 17 heavy (non-hydrogen) atoms. The molecule has 1 aromatic heterocycles. The third kappa shape index (κ3) is 2.70. The van der Waals surface area contributed by atoms with Crippen LogP contribution in [0.15, 0.2) is 6.07 Å². The fourth-order valence-electron chi connectivity index (χ4n) is 2.54. The number of aromatic nitrogens is 1. The van der Waals surface area contributed by atoms with Gasteiger partial charge in [0, 0.05) is 29.2 Å². The molecule has 0 saturated heterocycles. The average Bonchev–Trinajstić information content (AvgIpc) is 2.63. The number of thioether (sulfide) groups is 1. The van der Waals surface area contributed by atoms with Gasteiger partial charge in [0.2, 0.25) is 0 Å². The molecule has 1 aliphatic carbocycles. The molecule has 92 valence electrons. The minimum Gasteiger partial charge on any atom is -0.388 e. The molecular weight excluding hydrogens is 230 g/mol. The van der Waals surface area contributed by atoms with Crippen LogP contribution in [0.4, 0.5) is 0 Å². The van der Waals surface area contributed by atoms with Crippen molar-refractivity contribution in [1.82, 2.24) is 4.57 Å². The van der Waals surface area contributed by atoms with Gasteiger partial charge >= 0.3 is 0 Å². The van der Waals surface area contributed by atoms with Gasteiger partial charge in [0.15, 0.2) is 0 Å². The second-order valence-electron chi connectivity index (χ2n) is 4.50. The van der Waals surface area contributed by atoms with Gasteiger partial charge in [-0.2, -0.15) is 0 Å². The Kier molecular flexibility index (Phi) is 4.20. The van der Waals surface area contributed by atoms with Crippen LogP contribution in [-0.2, 0) is 13.0 Å². The number of hydrogen-bond donors (Lipinski definition) is 1. The number of fused-ring (bicyclic) bond motifs is 1. The van der Waals surface area contributed by atoms with E-state index in [4.69, 9.17) is 6.42 Å². The van der Waals surface area contributed by atoms with Crippen molar-refractivity contribution in [1.29, 1.82) is 0 Å². The second kappa shape index (κ2) is 5.66. The Morgan fingerprint density at radius 2 is 2.47 bits per heavy atom. The number of nitrogens with zero attached hydrogens (tertiary/aromatic N) is 1. The van der Waals surface area contributed by atoms with E-state index in [1.165, 1.54) is 11.4 Å². The fraction of sp³-hybridized carbons (Fsp3) is 0.571. The molecule has 0 aromatic carbocycles. The van der Waals surface area contributed by atoms with Crippen LogP contribution < -0.4 is 0 Å². The Balaban J connectivity index is 2.09. The smallest absolute Gasteiger partial charge is 0.0807 e. The molecular formula is C14H19NOS. The van der Waals surface area contributed by atoms with Crippen LogP contribution in [0.5, 0.6) is 0 Å². The first-order valence-electron chi connectivity index (χ1n) is 6.12. The summed E-state index contributed by atoms with van der Waals surface area (Å²) in [7, 11) is 0. The van der Waals surface area contributed by atoms with Crippen molar-refractivity contribution in [2.75, 3.05) is 11.5 Å². The Morgan fingerprint density at radius 3 is 3.24 bits per heavy atom. The molecule has 1 unspecified atom stereocenters. The van der Waals surface area contributed by atoms with Crippen LogP contribution in [0.1, 0.15) is 35.9 Å². The number of aryl methyl sites for hydroxylation is 1. The molecule has 1 aliphatic rings. The Hall–Kier alpha value is -0.850. The summed E-state index contributed by atoms with van der Waals surface area (Å²) in [5, 5.41) is 9.96. The largest absolute Gasteiger partial charge is 0.388 e. The van der Waals surface area contributed by atoms with E-state index < -0.39 is 0 Å². The number of aliphatic hydroxyl groups is 1. The molecule has 1 N–H and O–H groups in total. The zero-order chi connectivity index (χ0) is 12.3. The van der Waals surface area contributed by atoms with Crippen LogP contribution in [0.2, 0.25) is 0 Å². The maximum absolute atomic E-state index is 9.96. The standard InChI is InChI=1S/C14H19NOS/c1-3-8-17-9-7-15-11(2)10-12-13(15)5-4-6-14(12)16/h1,10,14,16H,4-9H2,2H3. The highest BCUT2D eigenvalue weighted by Crippen LogP contribution is 2.32. The van der Waals surface area contributed by atoms with E-state index in [0.29, 0.717) is 0 Å². The van der Waals surface area contributed by atoms with Crippen molar-refractivity contribution in [2.45, 2.75) is 38.8 Å². The molecule has 2 rings (SSSR count). The van der Waals surface area contributed by atoms with Crippen LogP contribution in [0.3, 0.4) is 0 Å². The Morgan fingerprint density at radius 1 is 1.65 bits per heavy atom. The zero-order valence-corrected chi connectivity index (χ0v) is 11.1. The molecule has 3 heteroatoms. The summed E-state index contributed by atoms with van der Waals surface area (Å²) in [5.41, 5.74) is 3.75. The van der Waals surface area contributed by atoms with Crippen LogP contribution >= 0.6 is 11.8 Å². The Bertz CT molecular complexity index is 430. The molecule has 1 heterocycles. The van der Waals surface area contributed by atoms with Gasteiger partial charge < -0.3 is 9.67 Å². The highest BCUT2D eigenvalue weighted by molar-refractivity contribution is 7.99. The summed E-state index contributed by atoms with van der Waals surface area (Å²) in [6, 6.07) is 2.14. The van der Waals surface area contributed by atoms with E-state index in [1.54, 1.807) is 11.8 Å². The van der Waals surface area contributed by atoms with Crippen molar-refractivity contribution in [3.05, 3.63) is 23.0 Å². The van der Waals surface area contributed by atoms with Crippen molar-refractivity contribution < 1.29 is 5.11 Å². The summed E-state index contributed by atoms with van der Waals surface area (Å²) >= 11 is 1.79. The van der Waals surface area contributed by atoms with Crippen molar-refractivity contribution in [2.24, 2.45) is 0 Å². The predicted octanol–water partition coefficient (Wildman–Crippen LogP) is 2.53. The molecule has 0 bridgehead atoms. The van der Waals surface area contributed by atoms with E-state index >= 15 is 0 Å². The lowest BCUT2D eigenvalue weighted by atomic mass is 9.95. The molecule has 0 amide bonds. The van der Waals surface area contributed by atoms with Crippen LogP contribution in [0.25, 0.3) is 0 Å². The second-order valence-corrected chi connectivity index (χ2v) is 5.61. The highest BCUT2D eigenvalue weighted by atomic mass is 32.2. The van der Waals surface area contributed by atoms with Gasteiger partial charge in [0.05, 0.1) is 11.9 Å². The topological polar surface area (TPSA) is 25.2 Å². The van der Waals surface area contributed by atoms with Gasteiger partial charge in [-0.1, -0.05) is 5.92 Å². The van der Waals surface area contributed by atoms with E-state index in [-0.39, 0.29) is 6.10 Å². The molecule has 0 spiro atoms. The first-order chi connectivity index (χ1) is 8.24. The van der Waals surface area contributed by atoms with E-state index in [0.717, 1.165) is 42.9 Å². The third-order valence-corrected chi connectivity index (χ3v) is 4.19. The third-order valence-electron chi connectivity index (χ3n) is 3.34. The molecule has 0 saturated carbocycles. The van der Waals surface area contributed by atoms with Gasteiger partial charge in [-0.25, -0.2) is 0 Å². The summed E-state index contributed by atoms with van der Waals surface area (Å²) < 4.78 is 2.35. The maximum atomic E-state index is 9.96. The van der Waals surface area contributed by atoms with E-state index in [2.05, 4.69) is 23.5 Å². The van der Waals surface area contributed by atoms with Gasteiger partial charge in [-0.15, -0.1) is 18.2 Å². The molecule has 2 nitrogen and oxygen atoms in total. The fourth-order valence-corrected chi connectivity index (χ4v) is 3.11. The summed E-state index contributed by atoms with van der Waals surface area (Å²) in [6.07, 6.45) is 8.08. The van der Waals surface area contributed by atoms with E-state index in [9.17, 15) is 5.11 Å². The normalized spacial score (nSPS) is 18.8. The quantitative estimate of drug-likeness (QED) is 0.655. The first-order valence-corrected chi connectivity index (χ1v) is 7.27. The minimum absolute atomic E-state index is 0.253. The SMILES string of the molecule is C#CCSCCn1c(C)cc2c1CCCC2O. The number of rotatable bonds is 4. The van der Waals surface area contributed by atoms with Gasteiger partial charge in [0.1, 0.15) is 0 Å². The molecule has 1 atom stereocenters. The first kappa shape index (κ1) is 12.6. The lowest BCUT2D eigenvalue weighted by Crippen LogP contribution is -2.13. The molecule has 1 aromatic rings. The lowest BCUT2D eigenvalue weighted by Gasteiger charge is -2.20. The van der Waals surface area contributed by atoms with Crippen molar-refractivity contribution in [3.8, 4) is 12.3 Å². The Labute approximate surface area is 107 Å². The average molecular weight is 249 g/mol. The number of hydrogen-bond acceptors (Lipinski definition) is 2. The van der Waals surface area contributed by atoms with Crippen molar-refractivity contribution in [3.63, 3.8) is 0 Å². The molecule has 0 aliphatic heterocycles. The van der Waals surface area contributed by atoms with Crippen LogP contribution in [-0.4, -0.2) is 21.2 Å². The number of terminal acetylenes is 1. The molecule has 0 fully saturated rings. The zero-order valence-electron chi connectivity index (χ0n) is 10.3. The van der Waals surface area contributed by atoms with Gasteiger partial charge in [0.25, 0.3) is 0 Å². The maximum Gasteiger partial charge on any atom is 0.0807 e. The van der Waals surface area contributed by atoms with Crippen molar-refractivity contribution >= 4 is 11.8 Å². The summed E-state index contributed by atoms with van der Waals surface area (Å²) in [5.74, 6) is 4.47. The summed E-state index contributed by atoms with van der Waals surface area (Å²) in [6.45, 7) is 3.12. The highest BCUT2D eigenvalue weighted by Gasteiger charge is 2.22. The van der Waals surface area contributed by atoms with Gasteiger partial charge in [-0.3, -0.25) is 0 Å². The number of aliphatic hydroxyl groups excluding tert-OH is 1. The molecule has 0 radical (unpaired) electrons. The van der Waals surface area contributed by atoms with Crippen LogP contribution in [0, 0.1) is 19.3 Å².